The second-order valence-electron chi connectivity index (χ2n) is 9.85. The lowest BCUT2D eigenvalue weighted by Gasteiger charge is -2.31. The quantitative estimate of drug-likeness (QED) is 0.330. The predicted molar refractivity (Wildman–Crippen MR) is 146 cm³/mol. The summed E-state index contributed by atoms with van der Waals surface area (Å²) in [6, 6.07) is 25.8. The number of nitrogens with two attached hydrogens (primary N) is 1. The Morgan fingerprint density at radius 3 is 2.50 bits per heavy atom. The Kier molecular flexibility index (Phi) is 4.99. The standard InChI is InChI=1S/C30H28N6/c31-29-28-27(26-18-24-7-3-4-8-25(24)33-26)34-30(36(28)16-13-32-29)22-11-14-35(15-12-22)19-20-9-10-21-5-1-2-6-23(21)17-20/h1-10,13,16-18,22,33H,11-12,14-15,19H2,(H2,31,32). The van der Waals surface area contributed by atoms with Crippen molar-refractivity contribution in [1.82, 2.24) is 24.3 Å². The minimum Gasteiger partial charge on any atom is -0.382 e. The van der Waals surface area contributed by atoms with Crippen molar-refractivity contribution >= 4 is 33.0 Å². The van der Waals surface area contributed by atoms with Gasteiger partial charge >= 0.3 is 0 Å². The lowest BCUT2D eigenvalue weighted by atomic mass is 9.95. The maximum Gasteiger partial charge on any atom is 0.150 e. The number of nitrogen functional groups attached to an aromatic ring is 1. The third-order valence-electron chi connectivity index (χ3n) is 7.57. The molecule has 7 rings (SSSR count). The average Bonchev–Trinajstić information content (AvgIpc) is 3.52. The Balaban J connectivity index is 1.16. The second kappa shape index (κ2) is 8.50. The van der Waals surface area contributed by atoms with Crippen molar-refractivity contribution in [1.29, 1.82) is 0 Å². The van der Waals surface area contributed by atoms with Gasteiger partial charge in [-0.25, -0.2) is 9.97 Å². The van der Waals surface area contributed by atoms with Gasteiger partial charge in [0.1, 0.15) is 22.9 Å². The molecular weight excluding hydrogens is 444 g/mol. The minimum atomic E-state index is 0.380. The van der Waals surface area contributed by atoms with Crippen LogP contribution in [-0.4, -0.2) is 37.3 Å². The molecule has 0 amide bonds. The molecule has 0 atom stereocenters. The van der Waals surface area contributed by atoms with Gasteiger partial charge in [0.2, 0.25) is 0 Å². The summed E-state index contributed by atoms with van der Waals surface area (Å²) in [5, 5.41) is 3.77. The number of imidazole rings is 1. The molecule has 1 aliphatic rings. The van der Waals surface area contributed by atoms with Crippen LogP contribution in [0.15, 0.2) is 85.2 Å². The highest BCUT2D eigenvalue weighted by atomic mass is 15.1. The van der Waals surface area contributed by atoms with Crippen LogP contribution in [0.2, 0.25) is 0 Å². The molecule has 36 heavy (non-hydrogen) atoms. The lowest BCUT2D eigenvalue weighted by molar-refractivity contribution is 0.201. The van der Waals surface area contributed by atoms with Crippen molar-refractivity contribution in [2.75, 3.05) is 18.8 Å². The second-order valence-corrected chi connectivity index (χ2v) is 9.85. The van der Waals surface area contributed by atoms with E-state index in [1.165, 1.54) is 21.7 Å². The van der Waals surface area contributed by atoms with Gasteiger partial charge in [-0.1, -0.05) is 54.6 Å². The van der Waals surface area contributed by atoms with E-state index >= 15 is 0 Å². The number of anilines is 1. The van der Waals surface area contributed by atoms with E-state index in [0.29, 0.717) is 11.7 Å². The molecule has 6 heteroatoms. The Morgan fingerprint density at radius 1 is 0.889 bits per heavy atom. The van der Waals surface area contributed by atoms with E-state index < -0.39 is 0 Å². The molecule has 1 fully saturated rings. The van der Waals surface area contributed by atoms with E-state index in [0.717, 1.165) is 60.7 Å². The van der Waals surface area contributed by atoms with Crippen LogP contribution in [0.4, 0.5) is 5.82 Å². The molecule has 0 bridgehead atoms. The smallest absolute Gasteiger partial charge is 0.150 e. The van der Waals surface area contributed by atoms with Gasteiger partial charge in [-0.15, -0.1) is 0 Å². The molecule has 6 aromatic rings. The molecule has 1 aliphatic heterocycles. The third kappa shape index (κ3) is 3.62. The topological polar surface area (TPSA) is 75.2 Å². The molecule has 4 heterocycles. The number of piperidine rings is 1. The van der Waals surface area contributed by atoms with E-state index in [9.17, 15) is 0 Å². The maximum absolute atomic E-state index is 6.38. The van der Waals surface area contributed by atoms with Crippen molar-refractivity contribution in [3.63, 3.8) is 0 Å². The van der Waals surface area contributed by atoms with Crippen molar-refractivity contribution in [3.8, 4) is 11.4 Å². The zero-order chi connectivity index (χ0) is 24.1. The number of hydrogen-bond acceptors (Lipinski definition) is 4. The zero-order valence-electron chi connectivity index (χ0n) is 20.1. The van der Waals surface area contributed by atoms with Crippen LogP contribution in [0.5, 0.6) is 0 Å². The maximum atomic E-state index is 6.38. The summed E-state index contributed by atoms with van der Waals surface area (Å²) >= 11 is 0. The van der Waals surface area contributed by atoms with Crippen LogP contribution in [0.3, 0.4) is 0 Å². The number of benzene rings is 3. The van der Waals surface area contributed by atoms with Gasteiger partial charge in [0.25, 0.3) is 0 Å². The van der Waals surface area contributed by atoms with Crippen molar-refractivity contribution in [3.05, 3.63) is 96.6 Å². The zero-order valence-corrected chi connectivity index (χ0v) is 20.1. The minimum absolute atomic E-state index is 0.380. The number of fused-ring (bicyclic) bond motifs is 3. The van der Waals surface area contributed by atoms with Crippen LogP contribution in [0.1, 0.15) is 30.1 Å². The van der Waals surface area contributed by atoms with Gasteiger partial charge in [-0.2, -0.15) is 0 Å². The van der Waals surface area contributed by atoms with Gasteiger partial charge in [-0.05, 0) is 60.5 Å². The Bertz CT molecular complexity index is 1670. The summed E-state index contributed by atoms with van der Waals surface area (Å²) in [6.07, 6.45) is 5.92. The van der Waals surface area contributed by atoms with Crippen molar-refractivity contribution < 1.29 is 0 Å². The summed E-state index contributed by atoms with van der Waals surface area (Å²) in [6.45, 7) is 3.08. The van der Waals surface area contributed by atoms with Gasteiger partial charge in [0, 0.05) is 35.8 Å². The fourth-order valence-corrected chi connectivity index (χ4v) is 5.71. The van der Waals surface area contributed by atoms with Crippen LogP contribution in [0.25, 0.3) is 38.6 Å². The number of aromatic nitrogens is 4. The fraction of sp³-hybridized carbons (Fsp3) is 0.200. The summed E-state index contributed by atoms with van der Waals surface area (Å²) in [7, 11) is 0. The fourth-order valence-electron chi connectivity index (χ4n) is 5.71. The first-order valence-electron chi connectivity index (χ1n) is 12.6. The Hall–Kier alpha value is -4.16. The molecule has 0 unspecified atom stereocenters. The predicted octanol–water partition coefficient (Wildman–Crippen LogP) is 5.99. The van der Waals surface area contributed by atoms with Crippen LogP contribution in [0, 0.1) is 0 Å². The SMILES string of the molecule is Nc1nccn2c(C3CCN(Cc4ccc5ccccc5c4)CC3)nc(-c3cc4ccccc4[nH]3)c12. The van der Waals surface area contributed by atoms with Crippen molar-refractivity contribution in [2.45, 2.75) is 25.3 Å². The molecule has 0 radical (unpaired) electrons. The number of rotatable bonds is 4. The highest BCUT2D eigenvalue weighted by molar-refractivity contribution is 5.91. The van der Waals surface area contributed by atoms with E-state index in [1.807, 2.05) is 12.3 Å². The summed E-state index contributed by atoms with van der Waals surface area (Å²) < 4.78 is 2.16. The molecule has 178 valence electrons. The Labute approximate surface area is 209 Å². The van der Waals surface area contributed by atoms with Gasteiger partial charge < -0.3 is 10.7 Å². The molecule has 0 saturated carbocycles. The molecule has 3 N–H and O–H groups in total. The normalized spacial score (nSPS) is 15.3. The Morgan fingerprint density at radius 2 is 1.67 bits per heavy atom. The third-order valence-corrected chi connectivity index (χ3v) is 7.57. The number of likely N-dealkylation sites (tertiary alicyclic amines) is 1. The summed E-state index contributed by atoms with van der Waals surface area (Å²) in [4.78, 5) is 15.6. The molecule has 6 nitrogen and oxygen atoms in total. The van der Waals surface area contributed by atoms with Crippen molar-refractivity contribution in [2.24, 2.45) is 0 Å². The number of H-pyrrole nitrogens is 1. The summed E-state index contributed by atoms with van der Waals surface area (Å²) in [5.74, 6) is 1.97. The van der Waals surface area contributed by atoms with E-state index in [1.54, 1.807) is 6.20 Å². The molecular formula is C30H28N6. The number of hydrogen-bond donors (Lipinski definition) is 2. The number of nitrogens with zero attached hydrogens (tertiary/aromatic N) is 4. The number of para-hydroxylation sites is 1. The van der Waals surface area contributed by atoms with Gasteiger partial charge in [0.05, 0.1) is 5.69 Å². The highest BCUT2D eigenvalue weighted by Gasteiger charge is 2.27. The van der Waals surface area contributed by atoms with Crippen LogP contribution >= 0.6 is 0 Å². The van der Waals surface area contributed by atoms with Gasteiger partial charge in [0.15, 0.2) is 0 Å². The van der Waals surface area contributed by atoms with Crippen LogP contribution < -0.4 is 5.73 Å². The largest absolute Gasteiger partial charge is 0.382 e. The van der Waals surface area contributed by atoms with Crippen LogP contribution in [-0.2, 0) is 6.54 Å². The monoisotopic (exact) mass is 472 g/mol. The molecule has 0 aliphatic carbocycles. The molecule has 3 aromatic heterocycles. The van der Waals surface area contributed by atoms with Gasteiger partial charge in [-0.3, -0.25) is 9.30 Å². The average molecular weight is 473 g/mol. The molecule has 0 spiro atoms. The first-order chi connectivity index (χ1) is 17.7. The molecule has 3 aromatic carbocycles. The summed E-state index contributed by atoms with van der Waals surface area (Å²) in [5.41, 5.74) is 11.6. The highest BCUT2D eigenvalue weighted by Crippen LogP contribution is 2.35. The molecule has 1 saturated heterocycles. The van der Waals surface area contributed by atoms with E-state index in [-0.39, 0.29) is 0 Å². The van der Waals surface area contributed by atoms with E-state index in [2.05, 4.69) is 86.0 Å². The number of aromatic amines is 1. The lowest BCUT2D eigenvalue weighted by Crippen LogP contribution is -2.33. The first-order valence-corrected chi connectivity index (χ1v) is 12.6. The van der Waals surface area contributed by atoms with E-state index in [4.69, 9.17) is 10.7 Å². The first kappa shape index (κ1) is 21.1. The number of nitrogens with one attached hydrogen (secondary N) is 1.